The molecule has 0 amide bonds. The Bertz CT molecular complexity index is 1210. The lowest BCUT2D eigenvalue weighted by Crippen LogP contribution is -2.18. The van der Waals surface area contributed by atoms with Gasteiger partial charge in [-0.15, -0.1) is 11.3 Å². The molecule has 1 aliphatic heterocycles. The van der Waals surface area contributed by atoms with E-state index in [1.165, 1.54) is 0 Å². The van der Waals surface area contributed by atoms with Gasteiger partial charge in [0.1, 0.15) is 0 Å². The molecule has 0 radical (unpaired) electrons. The topological polar surface area (TPSA) is 79.6 Å². The second kappa shape index (κ2) is 8.17. The molecule has 0 bridgehead atoms. The molecule has 4 aromatic rings. The van der Waals surface area contributed by atoms with Gasteiger partial charge in [0.05, 0.1) is 17.7 Å². The van der Waals surface area contributed by atoms with Crippen LogP contribution >= 0.6 is 11.3 Å². The highest BCUT2D eigenvalue weighted by molar-refractivity contribution is 7.07. The van der Waals surface area contributed by atoms with Gasteiger partial charge in [-0.1, -0.05) is 0 Å². The van der Waals surface area contributed by atoms with Crippen molar-refractivity contribution < 1.29 is 9.47 Å². The quantitative estimate of drug-likeness (QED) is 0.517. The van der Waals surface area contributed by atoms with Crippen molar-refractivity contribution in [3.8, 4) is 28.4 Å². The maximum absolute atomic E-state index is 5.79. The Morgan fingerprint density at radius 1 is 1.10 bits per heavy atom. The zero-order valence-electron chi connectivity index (χ0n) is 16.3. The lowest BCUT2D eigenvalue weighted by molar-refractivity contribution is 0.174. The van der Waals surface area contributed by atoms with Gasteiger partial charge in [-0.05, 0) is 55.4 Å². The third-order valence-corrected chi connectivity index (χ3v) is 5.79. The zero-order valence-corrected chi connectivity index (χ0v) is 17.1. The highest BCUT2D eigenvalue weighted by atomic mass is 32.1. The molecule has 2 N–H and O–H groups in total. The second-order valence-corrected chi connectivity index (χ2v) is 7.70. The van der Waals surface area contributed by atoms with E-state index in [0.717, 1.165) is 51.9 Å². The molecule has 0 unspecified atom stereocenters. The van der Waals surface area contributed by atoms with Gasteiger partial charge in [0.2, 0.25) is 6.79 Å². The van der Waals surface area contributed by atoms with Crippen LogP contribution in [0.1, 0.15) is 6.42 Å². The number of nitrogens with two attached hydrogens (primary N) is 1. The number of aromatic nitrogens is 3. The Balaban J connectivity index is 1.52. The van der Waals surface area contributed by atoms with E-state index in [0.29, 0.717) is 6.54 Å². The minimum atomic E-state index is 0.269. The molecule has 1 aliphatic rings. The maximum Gasteiger partial charge on any atom is 0.231 e. The molecule has 0 spiro atoms. The number of ether oxygens (including phenoxy) is 2. The average Bonchev–Trinajstić information content (AvgIpc) is 3.53. The first-order valence-electron chi connectivity index (χ1n) is 9.73. The lowest BCUT2D eigenvalue weighted by atomic mass is 10.1. The van der Waals surface area contributed by atoms with Gasteiger partial charge in [0.25, 0.3) is 0 Å². The van der Waals surface area contributed by atoms with E-state index >= 15 is 0 Å². The molecule has 0 atom stereocenters. The molecule has 0 saturated carbocycles. The van der Waals surface area contributed by atoms with Crippen molar-refractivity contribution >= 4 is 17.0 Å². The SMILES string of the molecule is NCCCn1c(-c2ccc3c(c2)OCO3)csc1=Nc1ccc(-n2ccnc2)cc1. The second-order valence-electron chi connectivity index (χ2n) is 6.86. The van der Waals surface area contributed by atoms with Crippen LogP contribution in [0.5, 0.6) is 11.5 Å². The molecule has 8 heteroatoms. The molecular formula is C22H21N5O2S. The average molecular weight is 420 g/mol. The first-order valence-corrected chi connectivity index (χ1v) is 10.6. The monoisotopic (exact) mass is 419 g/mol. The number of fused-ring (bicyclic) bond motifs is 1. The molecule has 0 saturated heterocycles. The zero-order chi connectivity index (χ0) is 20.3. The molecule has 5 rings (SSSR count). The minimum absolute atomic E-state index is 0.269. The molecule has 2 aromatic heterocycles. The lowest BCUT2D eigenvalue weighted by Gasteiger charge is -2.09. The molecule has 2 aromatic carbocycles. The molecule has 30 heavy (non-hydrogen) atoms. The summed E-state index contributed by atoms with van der Waals surface area (Å²) in [5, 5.41) is 2.13. The fourth-order valence-electron chi connectivity index (χ4n) is 3.39. The number of benzene rings is 2. The van der Waals surface area contributed by atoms with E-state index in [1.54, 1.807) is 23.9 Å². The van der Waals surface area contributed by atoms with Crippen molar-refractivity contribution in [2.45, 2.75) is 13.0 Å². The van der Waals surface area contributed by atoms with Crippen molar-refractivity contribution in [1.29, 1.82) is 0 Å². The summed E-state index contributed by atoms with van der Waals surface area (Å²) in [7, 11) is 0. The fraction of sp³-hybridized carbons (Fsp3) is 0.182. The molecule has 0 aliphatic carbocycles. The summed E-state index contributed by atoms with van der Waals surface area (Å²) in [5.41, 5.74) is 9.91. The standard InChI is InChI=1S/C22H21N5O2S/c23-8-1-10-27-19(16-2-7-20-21(12-16)29-15-28-20)13-30-22(27)25-17-3-5-18(6-4-17)26-11-9-24-14-26/h2-7,9,11-14H,1,8,10,15,23H2. The van der Waals surface area contributed by atoms with Crippen molar-refractivity contribution in [2.75, 3.05) is 13.3 Å². The predicted octanol–water partition coefficient (Wildman–Crippen LogP) is 3.71. The van der Waals surface area contributed by atoms with E-state index in [2.05, 4.69) is 21.0 Å². The predicted molar refractivity (Wildman–Crippen MR) is 116 cm³/mol. The number of imidazole rings is 1. The Hall–Kier alpha value is -3.36. The third kappa shape index (κ3) is 3.62. The number of hydrogen-bond acceptors (Lipinski definition) is 6. The van der Waals surface area contributed by atoms with E-state index < -0.39 is 0 Å². The van der Waals surface area contributed by atoms with Gasteiger partial charge in [-0.25, -0.2) is 9.98 Å². The molecule has 3 heterocycles. The largest absolute Gasteiger partial charge is 0.454 e. The summed E-state index contributed by atoms with van der Waals surface area (Å²) in [6.07, 6.45) is 6.34. The van der Waals surface area contributed by atoms with E-state index in [-0.39, 0.29) is 6.79 Å². The van der Waals surface area contributed by atoms with Gasteiger partial charge in [0.15, 0.2) is 16.3 Å². The van der Waals surface area contributed by atoms with Crippen LogP contribution in [0.3, 0.4) is 0 Å². The Kier molecular flexibility index (Phi) is 5.08. The first kappa shape index (κ1) is 18.7. The van der Waals surface area contributed by atoms with Gasteiger partial charge < -0.3 is 24.3 Å². The highest BCUT2D eigenvalue weighted by Gasteiger charge is 2.16. The number of rotatable bonds is 6. The smallest absolute Gasteiger partial charge is 0.231 e. The molecule has 7 nitrogen and oxygen atoms in total. The van der Waals surface area contributed by atoms with Crippen molar-refractivity contribution in [1.82, 2.24) is 14.1 Å². The van der Waals surface area contributed by atoms with Crippen LogP contribution in [-0.2, 0) is 6.54 Å². The van der Waals surface area contributed by atoms with Gasteiger partial charge >= 0.3 is 0 Å². The van der Waals surface area contributed by atoms with Gasteiger partial charge in [0, 0.05) is 35.6 Å². The number of hydrogen-bond donors (Lipinski definition) is 1. The van der Waals surface area contributed by atoms with E-state index in [1.807, 2.05) is 47.2 Å². The van der Waals surface area contributed by atoms with Gasteiger partial charge in [-0.3, -0.25) is 0 Å². The van der Waals surface area contributed by atoms with Crippen LogP contribution in [-0.4, -0.2) is 27.5 Å². The number of thiazole rings is 1. The van der Waals surface area contributed by atoms with Crippen LogP contribution < -0.4 is 20.0 Å². The minimum Gasteiger partial charge on any atom is -0.454 e. The summed E-state index contributed by atoms with van der Waals surface area (Å²) in [6, 6.07) is 14.1. The maximum atomic E-state index is 5.79. The highest BCUT2D eigenvalue weighted by Crippen LogP contribution is 2.36. The molecule has 0 fully saturated rings. The Labute approximate surface area is 177 Å². The summed E-state index contributed by atoms with van der Waals surface area (Å²) in [4.78, 5) is 9.92. The normalized spacial score (nSPS) is 13.2. The third-order valence-electron chi connectivity index (χ3n) is 4.93. The van der Waals surface area contributed by atoms with Crippen molar-refractivity contribution in [2.24, 2.45) is 10.7 Å². The Morgan fingerprint density at radius 2 is 1.97 bits per heavy atom. The van der Waals surface area contributed by atoms with Crippen molar-refractivity contribution in [3.05, 3.63) is 71.4 Å². The van der Waals surface area contributed by atoms with Gasteiger partial charge in [-0.2, -0.15) is 0 Å². The fourth-order valence-corrected chi connectivity index (χ4v) is 4.35. The van der Waals surface area contributed by atoms with Crippen molar-refractivity contribution in [3.63, 3.8) is 0 Å². The first-order chi connectivity index (χ1) is 14.8. The van der Waals surface area contributed by atoms with Crippen LogP contribution in [0, 0.1) is 0 Å². The number of nitrogens with zero attached hydrogens (tertiary/aromatic N) is 4. The summed E-state index contributed by atoms with van der Waals surface area (Å²) in [5.74, 6) is 1.56. The van der Waals surface area contributed by atoms with E-state index in [9.17, 15) is 0 Å². The van der Waals surface area contributed by atoms with Crippen LogP contribution in [0.15, 0.2) is 71.6 Å². The molecular weight excluding hydrogens is 398 g/mol. The van der Waals surface area contributed by atoms with Crippen LogP contribution in [0.25, 0.3) is 16.9 Å². The summed E-state index contributed by atoms with van der Waals surface area (Å²) < 4.78 is 15.2. The van der Waals surface area contributed by atoms with E-state index in [4.69, 9.17) is 20.2 Å². The van der Waals surface area contributed by atoms with Crippen LogP contribution in [0.4, 0.5) is 5.69 Å². The molecule has 152 valence electrons. The summed E-state index contributed by atoms with van der Waals surface area (Å²) in [6.45, 7) is 1.70. The van der Waals surface area contributed by atoms with Crippen LogP contribution in [0.2, 0.25) is 0 Å². The summed E-state index contributed by atoms with van der Waals surface area (Å²) >= 11 is 1.62. The Morgan fingerprint density at radius 3 is 2.77 bits per heavy atom.